The first-order valence-electron chi connectivity index (χ1n) is 7.08. The van der Waals surface area contributed by atoms with Gasteiger partial charge in [0.2, 0.25) is 0 Å². The summed E-state index contributed by atoms with van der Waals surface area (Å²) in [5.41, 5.74) is 6.43. The molecule has 1 heterocycles. The van der Waals surface area contributed by atoms with Gasteiger partial charge in [-0.05, 0) is 54.3 Å². The molecule has 1 saturated carbocycles. The fourth-order valence-corrected chi connectivity index (χ4v) is 4.22. The van der Waals surface area contributed by atoms with Crippen molar-refractivity contribution in [3.05, 3.63) is 35.0 Å². The van der Waals surface area contributed by atoms with Gasteiger partial charge >= 0.3 is 0 Å². The van der Waals surface area contributed by atoms with Gasteiger partial charge in [-0.25, -0.2) is 4.39 Å². The molecule has 2 N–H and O–H groups in total. The predicted octanol–water partition coefficient (Wildman–Crippen LogP) is 4.87. The molecule has 0 amide bonds. The predicted molar refractivity (Wildman–Crippen MR) is 79.8 cm³/mol. The van der Waals surface area contributed by atoms with Crippen LogP contribution in [-0.4, -0.2) is 0 Å². The lowest BCUT2D eigenvalue weighted by Gasteiger charge is -2.30. The van der Waals surface area contributed by atoms with Gasteiger partial charge in [-0.2, -0.15) is 0 Å². The molecule has 1 fully saturated rings. The number of rotatable bonds is 2. The molecule has 0 saturated heterocycles. The van der Waals surface area contributed by atoms with E-state index < -0.39 is 0 Å². The van der Waals surface area contributed by atoms with Crippen molar-refractivity contribution in [1.29, 1.82) is 0 Å². The van der Waals surface area contributed by atoms with Crippen molar-refractivity contribution in [2.45, 2.75) is 38.6 Å². The van der Waals surface area contributed by atoms with Crippen molar-refractivity contribution >= 4 is 21.4 Å². The van der Waals surface area contributed by atoms with Gasteiger partial charge in [-0.1, -0.05) is 19.8 Å². The number of hydrogen-bond acceptors (Lipinski definition) is 2. The molecule has 1 aromatic heterocycles. The largest absolute Gasteiger partial charge is 0.323 e. The van der Waals surface area contributed by atoms with E-state index in [9.17, 15) is 4.39 Å². The summed E-state index contributed by atoms with van der Waals surface area (Å²) in [6.45, 7) is 2.32. The van der Waals surface area contributed by atoms with Gasteiger partial charge in [0, 0.05) is 15.6 Å². The summed E-state index contributed by atoms with van der Waals surface area (Å²) >= 11 is 1.72. The number of fused-ring (bicyclic) bond motifs is 1. The summed E-state index contributed by atoms with van der Waals surface area (Å²) < 4.78 is 14.4. The average Bonchev–Trinajstić information content (AvgIpc) is 2.81. The minimum absolute atomic E-state index is 0.118. The topological polar surface area (TPSA) is 26.0 Å². The van der Waals surface area contributed by atoms with Crippen molar-refractivity contribution in [2.75, 3.05) is 0 Å². The molecule has 1 aliphatic rings. The van der Waals surface area contributed by atoms with Gasteiger partial charge in [0.25, 0.3) is 0 Å². The summed E-state index contributed by atoms with van der Waals surface area (Å²) in [7, 11) is 0. The third-order valence-corrected chi connectivity index (χ3v) is 5.61. The van der Waals surface area contributed by atoms with Crippen molar-refractivity contribution in [1.82, 2.24) is 0 Å². The molecule has 1 nitrogen and oxygen atoms in total. The molecule has 102 valence electrons. The molecule has 0 bridgehead atoms. The van der Waals surface area contributed by atoms with E-state index in [-0.39, 0.29) is 11.9 Å². The maximum atomic E-state index is 13.2. The Morgan fingerprint density at radius 3 is 2.68 bits per heavy atom. The molecule has 3 heteroatoms. The highest BCUT2D eigenvalue weighted by molar-refractivity contribution is 7.19. The van der Waals surface area contributed by atoms with Crippen LogP contribution in [0.25, 0.3) is 10.1 Å². The summed E-state index contributed by atoms with van der Waals surface area (Å²) in [6.07, 6.45) is 5.03. The van der Waals surface area contributed by atoms with Gasteiger partial charge in [0.05, 0.1) is 0 Å². The van der Waals surface area contributed by atoms with Crippen LogP contribution in [0, 0.1) is 17.7 Å². The third-order valence-electron chi connectivity index (χ3n) is 4.39. The van der Waals surface area contributed by atoms with E-state index >= 15 is 0 Å². The average molecular weight is 277 g/mol. The first-order valence-corrected chi connectivity index (χ1v) is 7.89. The molecule has 19 heavy (non-hydrogen) atoms. The molecule has 1 aliphatic carbocycles. The fourth-order valence-electron chi connectivity index (χ4n) is 3.08. The smallest absolute Gasteiger partial charge is 0.123 e. The number of benzene rings is 1. The van der Waals surface area contributed by atoms with Crippen LogP contribution in [-0.2, 0) is 0 Å². The minimum Gasteiger partial charge on any atom is -0.323 e. The summed E-state index contributed by atoms with van der Waals surface area (Å²) in [5, 5.41) is 0.986. The SMILES string of the molecule is CC1CCC(C(N)c2cc3cc(F)ccc3s2)CC1. The summed E-state index contributed by atoms with van der Waals surface area (Å²) in [6, 6.07) is 7.18. The zero-order valence-corrected chi connectivity index (χ0v) is 12.0. The number of nitrogens with two attached hydrogens (primary N) is 1. The van der Waals surface area contributed by atoms with E-state index in [1.54, 1.807) is 17.4 Å². The zero-order chi connectivity index (χ0) is 13.4. The van der Waals surface area contributed by atoms with Gasteiger partial charge < -0.3 is 5.73 Å². The molecule has 2 aromatic rings. The van der Waals surface area contributed by atoms with Crippen LogP contribution in [0.3, 0.4) is 0 Å². The molecular weight excluding hydrogens is 257 g/mol. The lowest BCUT2D eigenvalue weighted by Crippen LogP contribution is -2.24. The number of thiophene rings is 1. The number of halogens is 1. The third kappa shape index (κ3) is 2.67. The van der Waals surface area contributed by atoms with E-state index in [4.69, 9.17) is 5.73 Å². The van der Waals surface area contributed by atoms with Crippen LogP contribution < -0.4 is 5.73 Å². The Balaban J connectivity index is 1.83. The Bertz CT molecular complexity index is 569. The van der Waals surface area contributed by atoms with Gasteiger partial charge in [0.15, 0.2) is 0 Å². The number of hydrogen-bond donors (Lipinski definition) is 1. The van der Waals surface area contributed by atoms with Crippen molar-refractivity contribution in [3.8, 4) is 0 Å². The Hall–Kier alpha value is -0.930. The maximum Gasteiger partial charge on any atom is 0.123 e. The van der Waals surface area contributed by atoms with Crippen LogP contribution >= 0.6 is 11.3 Å². The van der Waals surface area contributed by atoms with Crippen LogP contribution in [0.5, 0.6) is 0 Å². The maximum absolute atomic E-state index is 13.2. The van der Waals surface area contributed by atoms with Crippen molar-refractivity contribution in [3.63, 3.8) is 0 Å². The van der Waals surface area contributed by atoms with Gasteiger partial charge in [0.1, 0.15) is 5.82 Å². The molecule has 1 atom stereocenters. The first kappa shape index (κ1) is 13.1. The Morgan fingerprint density at radius 1 is 1.21 bits per heavy atom. The lowest BCUT2D eigenvalue weighted by molar-refractivity contribution is 0.258. The van der Waals surface area contributed by atoms with E-state index in [0.717, 1.165) is 16.0 Å². The Kier molecular flexibility index (Phi) is 3.59. The Labute approximate surface area is 117 Å². The highest BCUT2D eigenvalue weighted by Gasteiger charge is 2.25. The fraction of sp³-hybridized carbons (Fsp3) is 0.500. The normalized spacial score (nSPS) is 25.6. The van der Waals surface area contributed by atoms with Gasteiger partial charge in [-0.3, -0.25) is 0 Å². The quantitative estimate of drug-likeness (QED) is 0.833. The standard InChI is InChI=1S/C16H20FNS/c1-10-2-4-11(5-3-10)16(18)15-9-12-8-13(17)6-7-14(12)19-15/h6-11,16H,2-5,18H2,1H3. The molecule has 1 aromatic carbocycles. The second-order valence-corrected chi connectivity index (χ2v) is 6.99. The second kappa shape index (κ2) is 5.22. The van der Waals surface area contributed by atoms with Crippen LogP contribution in [0.4, 0.5) is 4.39 Å². The second-order valence-electron chi connectivity index (χ2n) is 5.88. The van der Waals surface area contributed by atoms with Gasteiger partial charge in [-0.15, -0.1) is 11.3 Å². The Morgan fingerprint density at radius 2 is 1.95 bits per heavy atom. The van der Waals surface area contributed by atoms with E-state index in [0.29, 0.717) is 5.92 Å². The van der Waals surface area contributed by atoms with Crippen LogP contribution in [0.1, 0.15) is 43.5 Å². The lowest BCUT2D eigenvalue weighted by atomic mass is 9.79. The van der Waals surface area contributed by atoms with Crippen LogP contribution in [0.15, 0.2) is 24.3 Å². The molecule has 1 unspecified atom stereocenters. The minimum atomic E-state index is -0.170. The monoisotopic (exact) mass is 277 g/mol. The van der Waals surface area contributed by atoms with E-state index in [1.165, 1.54) is 36.6 Å². The molecule has 0 radical (unpaired) electrons. The molecular formula is C16H20FNS. The van der Waals surface area contributed by atoms with Crippen molar-refractivity contribution in [2.24, 2.45) is 17.6 Å². The summed E-state index contributed by atoms with van der Waals surface area (Å²) in [4.78, 5) is 1.21. The van der Waals surface area contributed by atoms with Crippen molar-refractivity contribution < 1.29 is 4.39 Å². The highest BCUT2D eigenvalue weighted by atomic mass is 32.1. The highest BCUT2D eigenvalue weighted by Crippen LogP contribution is 2.39. The summed E-state index contributed by atoms with van der Waals surface area (Å²) in [5.74, 6) is 1.27. The van der Waals surface area contributed by atoms with Crippen LogP contribution in [0.2, 0.25) is 0 Å². The van der Waals surface area contributed by atoms with E-state index in [2.05, 4.69) is 13.0 Å². The molecule has 3 rings (SSSR count). The van der Waals surface area contributed by atoms with E-state index in [1.807, 2.05) is 6.07 Å². The first-order chi connectivity index (χ1) is 9.13. The molecule has 0 aliphatic heterocycles. The zero-order valence-electron chi connectivity index (χ0n) is 11.2. The molecule has 0 spiro atoms.